The average molecular weight is 518 g/mol. The van der Waals surface area contributed by atoms with Crippen LogP contribution >= 0.6 is 0 Å². The summed E-state index contributed by atoms with van der Waals surface area (Å²) in [6.07, 6.45) is 10.3. The second kappa shape index (κ2) is 10.8. The van der Waals surface area contributed by atoms with Crippen molar-refractivity contribution in [1.82, 2.24) is 20.4 Å². The predicted octanol–water partition coefficient (Wildman–Crippen LogP) is 4.67. The molecule has 1 saturated heterocycles. The zero-order valence-electron chi connectivity index (χ0n) is 23.1. The van der Waals surface area contributed by atoms with Gasteiger partial charge in [0.1, 0.15) is 5.75 Å². The van der Waals surface area contributed by atoms with Crippen molar-refractivity contribution >= 4 is 11.7 Å². The standard InChI is InChI=1S/C31H43N5O2/c1-31-13-3-5-27(31)26-8-6-22-21-23(7-9-24(22)25(26)12-14-31)38-20-4-15-32-30(37)28-10-11-29(34-33-28)36-18-16-35(2)17-19-36/h7,9-11,21,25-27H,3-6,8,12-20H2,1-2H3,(H,32,37). The van der Waals surface area contributed by atoms with Crippen LogP contribution in [0.5, 0.6) is 5.75 Å². The maximum Gasteiger partial charge on any atom is 0.271 e. The van der Waals surface area contributed by atoms with E-state index in [1.165, 1.54) is 50.5 Å². The molecule has 3 fully saturated rings. The van der Waals surface area contributed by atoms with Crippen molar-refractivity contribution in [1.29, 1.82) is 0 Å². The number of benzene rings is 1. The Balaban J connectivity index is 0.953. The summed E-state index contributed by atoms with van der Waals surface area (Å²) in [4.78, 5) is 17.0. The fourth-order valence-corrected chi connectivity index (χ4v) is 7.85. The van der Waals surface area contributed by atoms with Gasteiger partial charge in [0.25, 0.3) is 5.91 Å². The molecule has 1 N–H and O–H groups in total. The van der Waals surface area contributed by atoms with Crippen LogP contribution in [0.2, 0.25) is 0 Å². The maximum atomic E-state index is 12.5. The number of hydrogen-bond acceptors (Lipinski definition) is 6. The Kier molecular flexibility index (Phi) is 7.30. The van der Waals surface area contributed by atoms with Gasteiger partial charge in [-0.05, 0) is 111 Å². The Labute approximate surface area is 227 Å². The number of fused-ring (bicyclic) bond motifs is 5. The van der Waals surface area contributed by atoms with Gasteiger partial charge in [0.15, 0.2) is 11.5 Å². The number of nitrogens with one attached hydrogen (secondary N) is 1. The van der Waals surface area contributed by atoms with Gasteiger partial charge in [-0.25, -0.2) is 0 Å². The molecule has 38 heavy (non-hydrogen) atoms. The van der Waals surface area contributed by atoms with E-state index >= 15 is 0 Å². The minimum atomic E-state index is -0.184. The summed E-state index contributed by atoms with van der Waals surface area (Å²) in [7, 11) is 2.13. The molecule has 1 aromatic heterocycles. The molecule has 7 heteroatoms. The third kappa shape index (κ3) is 5.14. The largest absolute Gasteiger partial charge is 0.494 e. The summed E-state index contributed by atoms with van der Waals surface area (Å²) in [6, 6.07) is 10.5. The number of aryl methyl sites for hydroxylation is 1. The number of aromatic nitrogens is 2. The fourth-order valence-electron chi connectivity index (χ4n) is 7.85. The van der Waals surface area contributed by atoms with Crippen LogP contribution in [0, 0.1) is 17.3 Å². The number of rotatable bonds is 7. The molecule has 4 atom stereocenters. The second-order valence-corrected chi connectivity index (χ2v) is 12.4. The van der Waals surface area contributed by atoms with Crippen molar-refractivity contribution in [3.63, 3.8) is 0 Å². The highest BCUT2D eigenvalue weighted by Gasteiger charge is 2.50. The highest BCUT2D eigenvalue weighted by Crippen LogP contribution is 2.60. The van der Waals surface area contributed by atoms with E-state index in [4.69, 9.17) is 4.74 Å². The lowest BCUT2D eigenvalue weighted by Gasteiger charge is -2.49. The normalized spacial score (nSPS) is 28.8. The summed E-state index contributed by atoms with van der Waals surface area (Å²) in [5.41, 5.74) is 4.06. The van der Waals surface area contributed by atoms with Gasteiger partial charge in [-0.1, -0.05) is 19.4 Å². The van der Waals surface area contributed by atoms with Crippen LogP contribution in [0.15, 0.2) is 30.3 Å². The number of amides is 1. The highest BCUT2D eigenvalue weighted by molar-refractivity contribution is 5.92. The quantitative estimate of drug-likeness (QED) is 0.538. The Morgan fingerprint density at radius 3 is 2.76 bits per heavy atom. The van der Waals surface area contributed by atoms with E-state index in [2.05, 4.69) is 57.5 Å². The third-order valence-corrected chi connectivity index (χ3v) is 10.1. The predicted molar refractivity (Wildman–Crippen MR) is 150 cm³/mol. The molecule has 0 radical (unpaired) electrons. The number of piperazine rings is 1. The maximum absolute atomic E-state index is 12.5. The molecule has 7 nitrogen and oxygen atoms in total. The first-order chi connectivity index (χ1) is 18.5. The van der Waals surface area contributed by atoms with Crippen LogP contribution < -0.4 is 15.0 Å². The summed E-state index contributed by atoms with van der Waals surface area (Å²) in [5.74, 6) is 4.17. The van der Waals surface area contributed by atoms with E-state index in [0.29, 0.717) is 24.3 Å². The smallest absolute Gasteiger partial charge is 0.271 e. The number of carbonyl (C=O) groups excluding carboxylic acids is 1. The van der Waals surface area contributed by atoms with Crippen LogP contribution in [0.1, 0.15) is 79.4 Å². The average Bonchev–Trinajstić information content (AvgIpc) is 3.35. The molecule has 0 spiro atoms. The summed E-state index contributed by atoms with van der Waals surface area (Å²) in [5, 5.41) is 11.4. The molecule has 4 aliphatic rings. The molecule has 2 aromatic rings. The van der Waals surface area contributed by atoms with Crippen LogP contribution in [0.25, 0.3) is 0 Å². The number of likely N-dealkylation sites (N-methyl/N-ethyl adjacent to an activating group) is 1. The van der Waals surface area contributed by atoms with Crippen LogP contribution in [0.4, 0.5) is 5.82 Å². The van der Waals surface area contributed by atoms with Crippen molar-refractivity contribution in [2.24, 2.45) is 17.3 Å². The van der Waals surface area contributed by atoms with E-state index in [-0.39, 0.29) is 5.91 Å². The van der Waals surface area contributed by atoms with Gasteiger partial charge < -0.3 is 19.9 Å². The van der Waals surface area contributed by atoms with Crippen LogP contribution in [-0.4, -0.2) is 67.4 Å². The highest BCUT2D eigenvalue weighted by atomic mass is 16.5. The van der Waals surface area contributed by atoms with Gasteiger partial charge in [-0.2, -0.15) is 0 Å². The Morgan fingerprint density at radius 1 is 1.08 bits per heavy atom. The summed E-state index contributed by atoms with van der Waals surface area (Å²) < 4.78 is 6.08. The first-order valence-corrected chi connectivity index (χ1v) is 14.8. The molecule has 6 rings (SSSR count). The molecular weight excluding hydrogens is 474 g/mol. The van der Waals surface area contributed by atoms with Crippen molar-refractivity contribution in [3.8, 4) is 5.75 Å². The van der Waals surface area contributed by atoms with Gasteiger partial charge in [0.05, 0.1) is 6.61 Å². The van der Waals surface area contributed by atoms with E-state index in [1.807, 2.05) is 6.07 Å². The third-order valence-electron chi connectivity index (χ3n) is 10.1. The second-order valence-electron chi connectivity index (χ2n) is 12.4. The number of anilines is 1. The van der Waals surface area contributed by atoms with Gasteiger partial charge in [0, 0.05) is 32.7 Å². The summed E-state index contributed by atoms with van der Waals surface area (Å²) >= 11 is 0. The fraction of sp³-hybridized carbons (Fsp3) is 0.645. The molecule has 2 heterocycles. The first kappa shape index (κ1) is 25.6. The molecule has 4 unspecified atom stereocenters. The zero-order chi connectivity index (χ0) is 26.1. The van der Waals surface area contributed by atoms with Crippen molar-refractivity contribution in [2.45, 2.75) is 64.2 Å². The lowest BCUT2D eigenvalue weighted by atomic mass is 9.56. The minimum absolute atomic E-state index is 0.184. The number of ether oxygens (including phenoxy) is 1. The van der Waals surface area contributed by atoms with Gasteiger partial charge in [-0.15, -0.1) is 10.2 Å². The van der Waals surface area contributed by atoms with Crippen molar-refractivity contribution in [3.05, 3.63) is 47.2 Å². The monoisotopic (exact) mass is 517 g/mol. The molecule has 3 aliphatic carbocycles. The van der Waals surface area contributed by atoms with Crippen LogP contribution in [-0.2, 0) is 6.42 Å². The minimum Gasteiger partial charge on any atom is -0.494 e. The van der Waals surface area contributed by atoms with Gasteiger partial charge in [-0.3, -0.25) is 4.79 Å². The number of hydrogen-bond donors (Lipinski definition) is 1. The molecular formula is C31H43N5O2. The topological polar surface area (TPSA) is 70.6 Å². The number of nitrogens with zero attached hydrogens (tertiary/aromatic N) is 4. The Morgan fingerprint density at radius 2 is 1.95 bits per heavy atom. The molecule has 1 amide bonds. The lowest BCUT2D eigenvalue weighted by molar-refractivity contribution is 0.0598. The van der Waals surface area contributed by atoms with Crippen LogP contribution in [0.3, 0.4) is 0 Å². The SMILES string of the molecule is CN1CCN(c2ccc(C(=O)NCCCOc3ccc4c(c3)CCC3C4CCC4(C)CCCC34)nn2)CC1. The molecule has 1 aliphatic heterocycles. The van der Waals surface area contributed by atoms with E-state index in [1.54, 1.807) is 11.6 Å². The summed E-state index contributed by atoms with van der Waals surface area (Å²) in [6.45, 7) is 7.59. The zero-order valence-corrected chi connectivity index (χ0v) is 23.1. The molecule has 2 saturated carbocycles. The van der Waals surface area contributed by atoms with Crippen molar-refractivity contribution in [2.75, 3.05) is 51.3 Å². The number of carbonyl (C=O) groups is 1. The van der Waals surface area contributed by atoms with E-state index in [0.717, 1.165) is 61.9 Å². The molecule has 204 valence electrons. The molecule has 1 aromatic carbocycles. The van der Waals surface area contributed by atoms with Gasteiger partial charge in [0.2, 0.25) is 0 Å². The lowest BCUT2D eigenvalue weighted by Crippen LogP contribution is -2.44. The van der Waals surface area contributed by atoms with Crippen molar-refractivity contribution < 1.29 is 9.53 Å². The first-order valence-electron chi connectivity index (χ1n) is 14.8. The van der Waals surface area contributed by atoms with E-state index < -0.39 is 0 Å². The van der Waals surface area contributed by atoms with Gasteiger partial charge >= 0.3 is 0 Å². The Hall–Kier alpha value is -2.67. The Bertz CT molecular complexity index is 1130. The molecule has 0 bridgehead atoms. The van der Waals surface area contributed by atoms with E-state index in [9.17, 15) is 4.79 Å².